The van der Waals surface area contributed by atoms with Gasteiger partial charge in [0.1, 0.15) is 5.37 Å². The maximum absolute atomic E-state index is 12.5. The SMILES string of the molecule is CC1SC(c2cccs2)N(CCN2CCN(C(=O)C3CC3)CC2)C1=O. The molecule has 0 spiro atoms. The van der Waals surface area contributed by atoms with E-state index in [0.29, 0.717) is 11.8 Å². The van der Waals surface area contributed by atoms with Gasteiger partial charge in [0.25, 0.3) is 0 Å². The van der Waals surface area contributed by atoms with Crippen LogP contribution < -0.4 is 0 Å². The zero-order chi connectivity index (χ0) is 17.4. The van der Waals surface area contributed by atoms with Gasteiger partial charge < -0.3 is 9.80 Å². The van der Waals surface area contributed by atoms with Crippen molar-refractivity contribution in [3.8, 4) is 0 Å². The smallest absolute Gasteiger partial charge is 0.236 e. The standard InChI is InChI=1S/C18H25N3O2S2/c1-13-16(22)21(18(25-13)15-3-2-12-24-15)11-8-19-6-9-20(10-7-19)17(23)14-4-5-14/h2-3,12-14,18H,4-11H2,1H3. The second-order valence-corrected chi connectivity index (χ2v) is 9.52. The summed E-state index contributed by atoms with van der Waals surface area (Å²) in [4.78, 5) is 32.4. The third-order valence-corrected chi connectivity index (χ3v) is 7.75. The largest absolute Gasteiger partial charge is 0.340 e. The molecular formula is C18H25N3O2S2. The minimum Gasteiger partial charge on any atom is -0.340 e. The number of hydrogen-bond donors (Lipinski definition) is 0. The summed E-state index contributed by atoms with van der Waals surface area (Å²) >= 11 is 3.48. The molecule has 1 aromatic heterocycles. The van der Waals surface area contributed by atoms with E-state index in [-0.39, 0.29) is 16.5 Å². The van der Waals surface area contributed by atoms with E-state index < -0.39 is 0 Å². The van der Waals surface area contributed by atoms with E-state index >= 15 is 0 Å². The monoisotopic (exact) mass is 379 g/mol. The average molecular weight is 380 g/mol. The molecule has 2 amide bonds. The third-order valence-electron chi connectivity index (χ3n) is 5.30. The summed E-state index contributed by atoms with van der Waals surface area (Å²) in [5.74, 6) is 0.933. The number of carbonyl (C=O) groups excluding carboxylic acids is 2. The van der Waals surface area contributed by atoms with Crippen LogP contribution in [-0.4, -0.2) is 71.0 Å². The van der Waals surface area contributed by atoms with Crippen LogP contribution in [0, 0.1) is 5.92 Å². The molecule has 3 aliphatic rings. The lowest BCUT2D eigenvalue weighted by Crippen LogP contribution is -2.51. The van der Waals surface area contributed by atoms with Crippen LogP contribution in [0.5, 0.6) is 0 Å². The van der Waals surface area contributed by atoms with Gasteiger partial charge in [0.15, 0.2) is 0 Å². The van der Waals surface area contributed by atoms with Crippen LogP contribution in [0.1, 0.15) is 30.0 Å². The Kier molecular flexibility index (Phi) is 5.06. The van der Waals surface area contributed by atoms with Crippen LogP contribution in [0.25, 0.3) is 0 Å². The molecule has 3 fully saturated rings. The minimum absolute atomic E-state index is 0.0418. The highest BCUT2D eigenvalue weighted by molar-refractivity contribution is 8.01. The van der Waals surface area contributed by atoms with E-state index in [1.165, 1.54) is 4.88 Å². The van der Waals surface area contributed by atoms with Gasteiger partial charge in [-0.05, 0) is 31.2 Å². The van der Waals surface area contributed by atoms with Crippen LogP contribution in [0.3, 0.4) is 0 Å². The first-order valence-electron chi connectivity index (χ1n) is 9.14. The van der Waals surface area contributed by atoms with E-state index in [9.17, 15) is 9.59 Å². The van der Waals surface area contributed by atoms with Gasteiger partial charge in [0, 0.05) is 50.1 Å². The minimum atomic E-state index is 0.0418. The molecule has 2 atom stereocenters. The summed E-state index contributed by atoms with van der Waals surface area (Å²) in [5.41, 5.74) is 0. The van der Waals surface area contributed by atoms with Crippen molar-refractivity contribution in [1.82, 2.24) is 14.7 Å². The van der Waals surface area contributed by atoms with E-state index in [0.717, 1.165) is 52.1 Å². The number of nitrogens with zero attached hydrogens (tertiary/aromatic N) is 3. The van der Waals surface area contributed by atoms with Gasteiger partial charge in [-0.2, -0.15) is 0 Å². The summed E-state index contributed by atoms with van der Waals surface area (Å²) in [6, 6.07) is 4.19. The Hall–Kier alpha value is -1.05. The maximum atomic E-state index is 12.5. The Bertz CT molecular complexity index is 624. The van der Waals surface area contributed by atoms with Crippen LogP contribution in [-0.2, 0) is 9.59 Å². The maximum Gasteiger partial charge on any atom is 0.236 e. The molecule has 5 nitrogen and oxygen atoms in total. The Morgan fingerprint density at radius 1 is 1.20 bits per heavy atom. The molecule has 0 aromatic carbocycles. The van der Waals surface area contributed by atoms with Crippen LogP contribution in [0.15, 0.2) is 17.5 Å². The van der Waals surface area contributed by atoms with Crippen molar-refractivity contribution < 1.29 is 9.59 Å². The van der Waals surface area contributed by atoms with Crippen molar-refractivity contribution in [1.29, 1.82) is 0 Å². The second kappa shape index (κ2) is 7.29. The van der Waals surface area contributed by atoms with Gasteiger partial charge in [-0.15, -0.1) is 23.1 Å². The highest BCUT2D eigenvalue weighted by Crippen LogP contribution is 2.44. The third kappa shape index (κ3) is 3.73. The fourth-order valence-electron chi connectivity index (χ4n) is 3.58. The number of carbonyl (C=O) groups is 2. The van der Waals surface area contributed by atoms with Crippen LogP contribution in [0.2, 0.25) is 0 Å². The normalized spacial score (nSPS) is 28.0. The van der Waals surface area contributed by atoms with Gasteiger partial charge in [-0.25, -0.2) is 0 Å². The van der Waals surface area contributed by atoms with E-state index in [2.05, 4.69) is 22.4 Å². The van der Waals surface area contributed by atoms with Gasteiger partial charge in [0.2, 0.25) is 11.8 Å². The first-order chi connectivity index (χ1) is 12.1. The molecule has 3 heterocycles. The molecule has 4 rings (SSSR count). The predicted octanol–water partition coefficient (Wildman–Crippen LogP) is 2.26. The number of rotatable bonds is 5. The summed E-state index contributed by atoms with van der Waals surface area (Å²) in [6.07, 6.45) is 2.16. The molecule has 2 saturated heterocycles. The molecule has 7 heteroatoms. The number of piperazine rings is 1. The first kappa shape index (κ1) is 17.4. The fraction of sp³-hybridized carbons (Fsp3) is 0.667. The highest BCUT2D eigenvalue weighted by Gasteiger charge is 2.39. The first-order valence-corrected chi connectivity index (χ1v) is 11.0. The van der Waals surface area contributed by atoms with Gasteiger partial charge in [-0.3, -0.25) is 14.5 Å². The highest BCUT2D eigenvalue weighted by atomic mass is 32.2. The molecule has 2 aliphatic heterocycles. The zero-order valence-electron chi connectivity index (χ0n) is 14.6. The van der Waals surface area contributed by atoms with Crippen LogP contribution >= 0.6 is 23.1 Å². The molecule has 0 N–H and O–H groups in total. The van der Waals surface area contributed by atoms with E-state index in [1.54, 1.807) is 23.1 Å². The van der Waals surface area contributed by atoms with E-state index in [1.807, 2.05) is 16.7 Å². The fourth-order valence-corrected chi connectivity index (χ4v) is 5.84. The van der Waals surface area contributed by atoms with Crippen molar-refractivity contribution in [3.05, 3.63) is 22.4 Å². The molecule has 0 bridgehead atoms. The molecule has 2 unspecified atom stereocenters. The van der Waals surface area contributed by atoms with Crippen molar-refractivity contribution in [2.75, 3.05) is 39.3 Å². The Morgan fingerprint density at radius 2 is 1.96 bits per heavy atom. The summed E-state index contributed by atoms with van der Waals surface area (Å²) < 4.78 is 0. The van der Waals surface area contributed by atoms with Gasteiger partial charge in [0.05, 0.1) is 5.25 Å². The lowest BCUT2D eigenvalue weighted by atomic mass is 10.2. The lowest BCUT2D eigenvalue weighted by molar-refractivity contribution is -0.134. The molecule has 1 aliphatic carbocycles. The molecule has 136 valence electrons. The topological polar surface area (TPSA) is 43.9 Å². The van der Waals surface area contributed by atoms with Crippen molar-refractivity contribution in [2.24, 2.45) is 5.92 Å². The quantitative estimate of drug-likeness (QED) is 0.787. The molecule has 1 saturated carbocycles. The van der Waals surface area contributed by atoms with Crippen molar-refractivity contribution in [2.45, 2.75) is 30.4 Å². The molecular weight excluding hydrogens is 354 g/mol. The zero-order valence-corrected chi connectivity index (χ0v) is 16.2. The number of amides is 2. The van der Waals surface area contributed by atoms with Crippen molar-refractivity contribution >= 4 is 34.9 Å². The summed E-state index contributed by atoms with van der Waals surface area (Å²) in [5, 5.41) is 2.29. The average Bonchev–Trinajstić information content (AvgIpc) is 3.26. The number of hydrogen-bond acceptors (Lipinski definition) is 5. The number of thiophene rings is 1. The predicted molar refractivity (Wildman–Crippen MR) is 102 cm³/mol. The second-order valence-electron chi connectivity index (χ2n) is 7.12. The summed E-state index contributed by atoms with van der Waals surface area (Å²) in [7, 11) is 0. The molecule has 0 radical (unpaired) electrons. The summed E-state index contributed by atoms with van der Waals surface area (Å²) in [6.45, 7) is 7.20. The Balaban J connectivity index is 1.30. The molecule has 25 heavy (non-hydrogen) atoms. The Labute approximate surface area is 157 Å². The van der Waals surface area contributed by atoms with E-state index in [4.69, 9.17) is 0 Å². The Morgan fingerprint density at radius 3 is 2.60 bits per heavy atom. The van der Waals surface area contributed by atoms with Gasteiger partial charge in [-0.1, -0.05) is 6.07 Å². The van der Waals surface area contributed by atoms with Crippen molar-refractivity contribution in [3.63, 3.8) is 0 Å². The lowest BCUT2D eigenvalue weighted by Gasteiger charge is -2.36. The number of thioether (sulfide) groups is 1. The van der Waals surface area contributed by atoms with Crippen LogP contribution in [0.4, 0.5) is 0 Å². The van der Waals surface area contributed by atoms with Gasteiger partial charge >= 0.3 is 0 Å². The molecule has 1 aromatic rings.